The van der Waals surface area contributed by atoms with Crippen LogP contribution in [0.3, 0.4) is 0 Å². The summed E-state index contributed by atoms with van der Waals surface area (Å²) in [4.78, 5) is 15.3. The highest BCUT2D eigenvalue weighted by molar-refractivity contribution is 5.79. The number of hydrogen-bond acceptors (Lipinski definition) is 6. The Morgan fingerprint density at radius 3 is 2.74 bits per heavy atom. The molecule has 7 heteroatoms. The van der Waals surface area contributed by atoms with Crippen LogP contribution in [0.1, 0.15) is 29.5 Å². The SMILES string of the molecule is CNCC1C=CC/C=C(C)\C=C/1.CNc1cc(C=O)cc2nc(-c3ccc(C)o3)nn12. The van der Waals surface area contributed by atoms with Crippen LogP contribution in [0.2, 0.25) is 0 Å². The van der Waals surface area contributed by atoms with Crippen molar-refractivity contribution < 1.29 is 9.21 Å². The molecule has 1 aliphatic rings. The number of anilines is 1. The molecule has 0 aromatic carbocycles. The summed E-state index contributed by atoms with van der Waals surface area (Å²) in [5, 5.41) is 10.5. The Bertz CT molecular complexity index is 1120. The molecular weight excluding hydrogens is 390 g/mol. The molecule has 0 bridgehead atoms. The van der Waals surface area contributed by atoms with Gasteiger partial charge in [-0.3, -0.25) is 4.79 Å². The number of rotatable bonds is 5. The minimum Gasteiger partial charge on any atom is -0.458 e. The van der Waals surface area contributed by atoms with Gasteiger partial charge in [0.2, 0.25) is 5.82 Å². The number of nitrogens with one attached hydrogen (secondary N) is 2. The topological polar surface area (TPSA) is 84.5 Å². The van der Waals surface area contributed by atoms with Gasteiger partial charge in [-0.1, -0.05) is 36.0 Å². The highest BCUT2D eigenvalue weighted by atomic mass is 16.3. The number of carbonyl (C=O) groups is 1. The summed E-state index contributed by atoms with van der Waals surface area (Å²) in [6.07, 6.45) is 13.0. The Kier molecular flexibility index (Phi) is 7.56. The zero-order chi connectivity index (χ0) is 22.2. The second-order valence-corrected chi connectivity index (χ2v) is 7.35. The Hall–Kier alpha value is -3.45. The van der Waals surface area contributed by atoms with Crippen LogP contribution in [0.15, 0.2) is 64.6 Å². The molecule has 0 spiro atoms. The van der Waals surface area contributed by atoms with Crippen LogP contribution in [-0.2, 0) is 0 Å². The number of aromatic nitrogens is 3. The van der Waals surface area contributed by atoms with Gasteiger partial charge in [0.15, 0.2) is 11.4 Å². The lowest BCUT2D eigenvalue weighted by molar-refractivity contribution is 0.112. The van der Waals surface area contributed by atoms with Gasteiger partial charge >= 0.3 is 0 Å². The van der Waals surface area contributed by atoms with Crippen LogP contribution < -0.4 is 10.6 Å². The molecule has 3 heterocycles. The zero-order valence-corrected chi connectivity index (χ0v) is 18.4. The summed E-state index contributed by atoms with van der Waals surface area (Å²) in [5.74, 6) is 3.15. The fraction of sp³-hybridized carbons (Fsp3) is 0.292. The first-order chi connectivity index (χ1) is 15.0. The molecule has 0 radical (unpaired) electrons. The van der Waals surface area contributed by atoms with E-state index in [-0.39, 0.29) is 0 Å². The molecular formula is C24H29N5O2. The molecule has 0 amide bonds. The number of carbonyl (C=O) groups excluding carboxylic acids is 1. The Morgan fingerprint density at radius 1 is 1.23 bits per heavy atom. The Morgan fingerprint density at radius 2 is 2.06 bits per heavy atom. The van der Waals surface area contributed by atoms with Gasteiger partial charge in [-0.15, -0.1) is 5.10 Å². The molecule has 3 aromatic heterocycles. The summed E-state index contributed by atoms with van der Waals surface area (Å²) < 4.78 is 7.14. The van der Waals surface area contributed by atoms with Crippen molar-refractivity contribution in [1.82, 2.24) is 19.9 Å². The first-order valence-electron chi connectivity index (χ1n) is 10.3. The number of nitrogens with zero attached hydrogens (tertiary/aromatic N) is 3. The monoisotopic (exact) mass is 419 g/mol. The summed E-state index contributed by atoms with van der Waals surface area (Å²) in [6.45, 7) is 5.04. The van der Waals surface area contributed by atoms with Crippen molar-refractivity contribution in [2.24, 2.45) is 5.92 Å². The molecule has 1 aliphatic carbocycles. The Labute approximate surface area is 182 Å². The van der Waals surface area contributed by atoms with Gasteiger partial charge in [0.1, 0.15) is 17.9 Å². The third-order valence-corrected chi connectivity index (χ3v) is 4.82. The van der Waals surface area contributed by atoms with Crippen LogP contribution in [0, 0.1) is 12.8 Å². The average molecular weight is 420 g/mol. The van der Waals surface area contributed by atoms with Crippen molar-refractivity contribution in [2.75, 3.05) is 26.0 Å². The molecule has 7 nitrogen and oxygen atoms in total. The van der Waals surface area contributed by atoms with Gasteiger partial charge in [-0.25, -0.2) is 4.98 Å². The molecule has 31 heavy (non-hydrogen) atoms. The van der Waals surface area contributed by atoms with E-state index < -0.39 is 0 Å². The average Bonchev–Trinajstić information content (AvgIpc) is 3.39. The molecule has 0 aliphatic heterocycles. The highest BCUT2D eigenvalue weighted by Gasteiger charge is 2.12. The largest absolute Gasteiger partial charge is 0.458 e. The molecule has 2 N–H and O–H groups in total. The van der Waals surface area contributed by atoms with E-state index in [2.05, 4.69) is 58.0 Å². The molecule has 4 rings (SSSR count). The van der Waals surface area contributed by atoms with Gasteiger partial charge in [-0.2, -0.15) is 4.52 Å². The van der Waals surface area contributed by atoms with Crippen LogP contribution >= 0.6 is 0 Å². The Balaban J connectivity index is 0.000000196. The maximum atomic E-state index is 10.9. The number of furan rings is 1. The van der Waals surface area contributed by atoms with E-state index in [4.69, 9.17) is 4.42 Å². The number of aryl methyl sites for hydroxylation is 1. The maximum absolute atomic E-state index is 10.9. The summed E-state index contributed by atoms with van der Waals surface area (Å²) in [6, 6.07) is 7.08. The van der Waals surface area contributed by atoms with Crippen molar-refractivity contribution in [1.29, 1.82) is 0 Å². The van der Waals surface area contributed by atoms with Crippen molar-refractivity contribution >= 4 is 17.8 Å². The quantitative estimate of drug-likeness (QED) is 0.470. The van der Waals surface area contributed by atoms with E-state index in [9.17, 15) is 4.79 Å². The number of hydrogen-bond donors (Lipinski definition) is 2. The van der Waals surface area contributed by atoms with Crippen molar-refractivity contribution in [2.45, 2.75) is 20.3 Å². The van der Waals surface area contributed by atoms with Crippen LogP contribution in [-0.4, -0.2) is 41.5 Å². The van der Waals surface area contributed by atoms with Crippen LogP contribution in [0.5, 0.6) is 0 Å². The van der Waals surface area contributed by atoms with E-state index >= 15 is 0 Å². The molecule has 1 unspecified atom stereocenters. The maximum Gasteiger partial charge on any atom is 0.217 e. The normalized spacial score (nSPS) is 18.3. The number of fused-ring (bicyclic) bond motifs is 1. The molecule has 1 atom stereocenters. The third kappa shape index (κ3) is 5.79. The fourth-order valence-electron chi connectivity index (χ4n) is 3.20. The van der Waals surface area contributed by atoms with Crippen molar-refractivity contribution in [3.05, 3.63) is 71.5 Å². The summed E-state index contributed by atoms with van der Waals surface area (Å²) in [5.41, 5.74) is 2.50. The standard InChI is InChI=1S/C13H12N4O2.C11H17N/c1-8-3-4-10(19-8)13-15-12-6-9(7-18)5-11(14-2)17(12)16-13;1-10-5-3-4-6-11(8-7-10)9-12-2/h3-7,14H,1-2H3;4-8,11-12H,3,9H2,1-2H3/b;6-4?,8-7-,10-5-. The van der Waals surface area contributed by atoms with E-state index in [0.717, 1.165) is 25.0 Å². The molecule has 0 fully saturated rings. The second-order valence-electron chi connectivity index (χ2n) is 7.35. The molecule has 0 saturated carbocycles. The lowest BCUT2D eigenvalue weighted by atomic mass is 10.0. The third-order valence-electron chi connectivity index (χ3n) is 4.82. The fourth-order valence-corrected chi connectivity index (χ4v) is 3.20. The van der Waals surface area contributed by atoms with E-state index in [1.54, 1.807) is 23.7 Å². The minimum absolute atomic E-state index is 0.493. The molecule has 3 aromatic rings. The smallest absolute Gasteiger partial charge is 0.217 e. The van der Waals surface area contributed by atoms with Crippen molar-refractivity contribution in [3.8, 4) is 11.6 Å². The minimum atomic E-state index is 0.493. The van der Waals surface area contributed by atoms with Gasteiger partial charge in [0.05, 0.1) is 0 Å². The lowest BCUT2D eigenvalue weighted by Crippen LogP contribution is -2.15. The van der Waals surface area contributed by atoms with Gasteiger partial charge in [0.25, 0.3) is 0 Å². The number of pyridine rings is 1. The van der Waals surface area contributed by atoms with Gasteiger partial charge < -0.3 is 15.1 Å². The lowest BCUT2D eigenvalue weighted by Gasteiger charge is -2.08. The predicted molar refractivity (Wildman–Crippen MR) is 124 cm³/mol. The van der Waals surface area contributed by atoms with Crippen LogP contribution in [0.4, 0.5) is 5.82 Å². The molecule has 0 saturated heterocycles. The predicted octanol–water partition coefficient (Wildman–Crippen LogP) is 4.44. The van der Waals surface area contributed by atoms with E-state index in [1.165, 1.54) is 5.57 Å². The zero-order valence-electron chi connectivity index (χ0n) is 18.4. The first-order valence-corrected chi connectivity index (χ1v) is 10.3. The van der Waals surface area contributed by atoms with E-state index in [0.29, 0.717) is 34.5 Å². The highest BCUT2D eigenvalue weighted by Crippen LogP contribution is 2.21. The number of allylic oxidation sites excluding steroid dienone is 4. The van der Waals surface area contributed by atoms with Crippen molar-refractivity contribution in [3.63, 3.8) is 0 Å². The summed E-state index contributed by atoms with van der Waals surface area (Å²) >= 11 is 0. The van der Waals surface area contributed by atoms with Gasteiger partial charge in [-0.05, 0) is 51.6 Å². The molecule has 162 valence electrons. The second kappa shape index (κ2) is 10.5. The van der Waals surface area contributed by atoms with E-state index in [1.807, 2.05) is 26.1 Å². The number of aldehydes is 1. The van der Waals surface area contributed by atoms with Gasteiger partial charge in [0, 0.05) is 25.1 Å². The first kappa shape index (κ1) is 22.2. The summed E-state index contributed by atoms with van der Waals surface area (Å²) in [7, 11) is 3.75. The van der Waals surface area contributed by atoms with Crippen LogP contribution in [0.25, 0.3) is 17.2 Å².